The van der Waals surface area contributed by atoms with Gasteiger partial charge in [-0.05, 0) is 41.0 Å². The second kappa shape index (κ2) is 10.5. The normalized spacial score (nSPS) is 11.2. The summed E-state index contributed by atoms with van der Waals surface area (Å²) in [5.74, 6) is -1.99. The lowest BCUT2D eigenvalue weighted by Gasteiger charge is -2.28. The second-order valence-electron chi connectivity index (χ2n) is 9.06. The maximum atomic E-state index is 14.0. The summed E-state index contributed by atoms with van der Waals surface area (Å²) >= 11 is 0. The highest BCUT2D eigenvalue weighted by molar-refractivity contribution is 5.85. The molecule has 0 saturated carbocycles. The summed E-state index contributed by atoms with van der Waals surface area (Å²) in [6, 6.07) is 17.7. The highest BCUT2D eigenvalue weighted by Crippen LogP contribution is 2.26. The van der Waals surface area contributed by atoms with E-state index in [2.05, 4.69) is 0 Å². The first-order valence-corrected chi connectivity index (χ1v) is 10.8. The number of hydrogen-bond donors (Lipinski definition) is 1. The molecule has 0 unspecified atom stereocenters. The van der Waals surface area contributed by atoms with E-state index in [0.717, 1.165) is 17.2 Å². The van der Waals surface area contributed by atoms with Gasteiger partial charge < -0.3 is 14.7 Å². The van der Waals surface area contributed by atoms with Crippen LogP contribution in [0.25, 0.3) is 11.1 Å². The zero-order valence-electron chi connectivity index (χ0n) is 19.3. The summed E-state index contributed by atoms with van der Waals surface area (Å²) in [4.78, 5) is 25.2. The van der Waals surface area contributed by atoms with Gasteiger partial charge in [-0.15, -0.1) is 0 Å². The Kier molecular flexibility index (Phi) is 7.66. The second-order valence-corrected chi connectivity index (χ2v) is 9.06. The van der Waals surface area contributed by atoms with Crippen molar-refractivity contribution in [2.24, 2.45) is 5.41 Å². The summed E-state index contributed by atoms with van der Waals surface area (Å²) in [7, 11) is 0. The predicted octanol–water partition coefficient (Wildman–Crippen LogP) is 5.67. The van der Waals surface area contributed by atoms with E-state index in [0.29, 0.717) is 16.9 Å². The monoisotopic (exact) mass is 467 g/mol. The zero-order chi connectivity index (χ0) is 24.9. The van der Waals surface area contributed by atoms with Crippen LogP contribution in [0.3, 0.4) is 0 Å². The lowest BCUT2D eigenvalue weighted by molar-refractivity contribution is -0.148. The van der Waals surface area contributed by atoms with Gasteiger partial charge in [0.15, 0.2) is 0 Å². The number of aliphatic carboxylic acids is 1. The Morgan fingerprint density at radius 1 is 0.941 bits per heavy atom. The summed E-state index contributed by atoms with van der Waals surface area (Å²) in [6.07, 6.45) is 0. The van der Waals surface area contributed by atoms with Crippen molar-refractivity contribution in [3.63, 3.8) is 0 Å². The Labute approximate surface area is 197 Å². The van der Waals surface area contributed by atoms with Crippen LogP contribution in [-0.4, -0.2) is 28.4 Å². The van der Waals surface area contributed by atoms with Crippen molar-refractivity contribution in [1.82, 2.24) is 4.90 Å². The molecule has 178 valence electrons. The van der Waals surface area contributed by atoms with Crippen LogP contribution in [-0.2, 0) is 22.7 Å². The van der Waals surface area contributed by atoms with Crippen LogP contribution in [0.15, 0.2) is 66.7 Å². The maximum absolute atomic E-state index is 14.0. The average molecular weight is 468 g/mol. The zero-order valence-corrected chi connectivity index (χ0v) is 19.3. The number of rotatable bonds is 8. The first-order valence-electron chi connectivity index (χ1n) is 10.8. The number of carboxylic acids is 1. The first-order chi connectivity index (χ1) is 16.0. The van der Waals surface area contributed by atoms with Crippen LogP contribution < -0.4 is 4.74 Å². The van der Waals surface area contributed by atoms with E-state index in [9.17, 15) is 23.5 Å². The molecule has 0 aliphatic carbocycles. The molecule has 0 saturated heterocycles. The van der Waals surface area contributed by atoms with Crippen LogP contribution in [0.2, 0.25) is 0 Å². The lowest BCUT2D eigenvalue weighted by Crippen LogP contribution is -2.41. The van der Waals surface area contributed by atoms with Gasteiger partial charge >= 0.3 is 5.97 Å². The largest absolute Gasteiger partial charge is 0.489 e. The predicted molar refractivity (Wildman–Crippen MR) is 125 cm³/mol. The molecule has 0 aromatic heterocycles. The third-order valence-electron chi connectivity index (χ3n) is 5.12. The van der Waals surface area contributed by atoms with E-state index in [1.165, 1.54) is 17.0 Å². The van der Waals surface area contributed by atoms with Crippen molar-refractivity contribution >= 4 is 11.9 Å². The minimum Gasteiger partial charge on any atom is -0.489 e. The minimum absolute atomic E-state index is 0.175. The molecule has 7 heteroatoms. The molecular weight excluding hydrogens is 440 g/mol. The number of nitrogens with zero attached hydrogens (tertiary/aromatic N) is 1. The summed E-state index contributed by atoms with van der Waals surface area (Å²) in [6.45, 7) is 5.31. The van der Waals surface area contributed by atoms with E-state index in [4.69, 9.17) is 4.74 Å². The highest BCUT2D eigenvalue weighted by atomic mass is 19.1. The fourth-order valence-corrected chi connectivity index (χ4v) is 3.50. The number of carbonyl (C=O) groups is 2. The van der Waals surface area contributed by atoms with E-state index in [-0.39, 0.29) is 25.6 Å². The van der Waals surface area contributed by atoms with Crippen LogP contribution in [0.4, 0.5) is 8.78 Å². The Balaban J connectivity index is 1.67. The molecule has 0 heterocycles. The van der Waals surface area contributed by atoms with Crippen molar-refractivity contribution < 1.29 is 28.2 Å². The number of carbonyl (C=O) groups excluding carboxylic acids is 1. The Hall–Kier alpha value is -3.74. The molecule has 0 bridgehead atoms. The van der Waals surface area contributed by atoms with Crippen molar-refractivity contribution in [2.75, 3.05) is 6.54 Å². The van der Waals surface area contributed by atoms with Crippen molar-refractivity contribution in [1.29, 1.82) is 0 Å². The van der Waals surface area contributed by atoms with Gasteiger partial charge in [0.05, 0.1) is 0 Å². The van der Waals surface area contributed by atoms with Crippen LogP contribution in [0, 0.1) is 17.0 Å². The Morgan fingerprint density at radius 2 is 1.62 bits per heavy atom. The summed E-state index contributed by atoms with van der Waals surface area (Å²) in [5.41, 5.74) is 1.86. The molecule has 5 nitrogen and oxygen atoms in total. The van der Waals surface area contributed by atoms with Gasteiger partial charge in [-0.2, -0.15) is 0 Å². The van der Waals surface area contributed by atoms with E-state index < -0.39 is 23.0 Å². The van der Waals surface area contributed by atoms with Gasteiger partial charge in [0.2, 0.25) is 5.91 Å². The third kappa shape index (κ3) is 6.63. The van der Waals surface area contributed by atoms with Gasteiger partial charge in [-0.25, -0.2) is 8.78 Å². The van der Waals surface area contributed by atoms with E-state index in [1.54, 1.807) is 45.0 Å². The molecule has 0 aliphatic rings. The number of carboxylic acid groups (broad SMARTS) is 1. The van der Waals surface area contributed by atoms with Gasteiger partial charge in [0.25, 0.3) is 0 Å². The average Bonchev–Trinajstić information content (AvgIpc) is 2.76. The Bertz CT molecular complexity index is 1170. The smallest absolute Gasteiger partial charge is 0.323 e. The minimum atomic E-state index is -1.07. The number of benzene rings is 3. The van der Waals surface area contributed by atoms with Gasteiger partial charge in [0.1, 0.15) is 30.5 Å². The molecule has 0 spiro atoms. The molecular formula is C27H27F2NO4. The van der Waals surface area contributed by atoms with Crippen LogP contribution in [0.5, 0.6) is 5.75 Å². The highest BCUT2D eigenvalue weighted by Gasteiger charge is 2.28. The molecule has 3 aromatic carbocycles. The number of halogens is 2. The molecule has 0 atom stereocenters. The molecule has 0 aliphatic heterocycles. The molecule has 1 N–H and O–H groups in total. The molecule has 3 rings (SSSR count). The topological polar surface area (TPSA) is 66.8 Å². The summed E-state index contributed by atoms with van der Waals surface area (Å²) in [5, 5.41) is 9.21. The van der Waals surface area contributed by atoms with Crippen molar-refractivity contribution in [2.45, 2.75) is 33.9 Å². The molecule has 1 amide bonds. The van der Waals surface area contributed by atoms with Gasteiger partial charge in [0, 0.05) is 23.6 Å². The molecule has 34 heavy (non-hydrogen) atoms. The quantitative estimate of drug-likeness (QED) is 0.464. The lowest BCUT2D eigenvalue weighted by atomic mass is 9.94. The fraction of sp³-hybridized carbons (Fsp3) is 0.259. The van der Waals surface area contributed by atoms with Crippen molar-refractivity contribution in [3.05, 3.63) is 89.5 Å². The number of ether oxygens (including phenoxy) is 1. The van der Waals surface area contributed by atoms with Gasteiger partial charge in [-0.3, -0.25) is 9.59 Å². The van der Waals surface area contributed by atoms with Crippen LogP contribution in [0.1, 0.15) is 31.9 Å². The maximum Gasteiger partial charge on any atom is 0.323 e. The Morgan fingerprint density at radius 3 is 2.24 bits per heavy atom. The molecule has 0 radical (unpaired) electrons. The van der Waals surface area contributed by atoms with E-state index >= 15 is 0 Å². The van der Waals surface area contributed by atoms with Gasteiger partial charge in [-0.1, -0.05) is 57.2 Å². The number of hydrogen-bond acceptors (Lipinski definition) is 3. The standard InChI is InChI=1S/C27H27F2NO4/c1-27(2,3)26(33)30(16-25(31)32)15-18-5-4-6-19(13-18)17-34-22-10-7-20(8-11-22)23-12-9-21(28)14-24(23)29/h4-14H,15-17H2,1-3H3,(H,31,32). The SMILES string of the molecule is CC(C)(C)C(=O)N(CC(=O)O)Cc1cccc(COc2ccc(-c3ccc(F)cc3F)cc2)c1. The van der Waals surface area contributed by atoms with E-state index in [1.807, 2.05) is 24.3 Å². The first kappa shape index (κ1) is 24.9. The third-order valence-corrected chi connectivity index (χ3v) is 5.12. The van der Waals surface area contributed by atoms with Crippen molar-refractivity contribution in [3.8, 4) is 16.9 Å². The van der Waals surface area contributed by atoms with Crippen LogP contribution >= 0.6 is 0 Å². The number of amides is 1. The summed E-state index contributed by atoms with van der Waals surface area (Å²) < 4.78 is 33.0. The molecule has 3 aromatic rings. The molecule has 0 fully saturated rings. The fourth-order valence-electron chi connectivity index (χ4n) is 3.50.